The monoisotopic (exact) mass is 447 g/mol. The highest BCUT2D eigenvalue weighted by molar-refractivity contribution is 6.01. The number of piperazine rings is 1. The third kappa shape index (κ3) is 4.35. The first kappa shape index (κ1) is 21.9. The van der Waals surface area contributed by atoms with Crippen molar-refractivity contribution in [2.45, 2.75) is 25.6 Å². The molecule has 1 aromatic heterocycles. The van der Waals surface area contributed by atoms with Gasteiger partial charge in [0.05, 0.1) is 18.5 Å². The fraction of sp³-hybridized carbons (Fsp3) is 0.409. The van der Waals surface area contributed by atoms with Gasteiger partial charge in [-0.25, -0.2) is 4.98 Å². The lowest BCUT2D eigenvalue weighted by molar-refractivity contribution is -0.138. The van der Waals surface area contributed by atoms with Crippen molar-refractivity contribution in [3.05, 3.63) is 47.7 Å². The molecule has 1 fully saturated rings. The van der Waals surface area contributed by atoms with Crippen LogP contribution in [0.15, 0.2) is 36.5 Å². The van der Waals surface area contributed by atoms with E-state index >= 15 is 0 Å². The smallest absolute Gasteiger partial charge is 0.376 e. The molecule has 1 aromatic carbocycles. The second-order valence-electron chi connectivity index (χ2n) is 8.11. The summed E-state index contributed by atoms with van der Waals surface area (Å²) in [5, 5.41) is 3.13. The largest absolute Gasteiger partial charge is 0.417 e. The first-order chi connectivity index (χ1) is 15.1. The number of hydrogen-bond acceptors (Lipinski definition) is 5. The van der Waals surface area contributed by atoms with Crippen LogP contribution in [-0.4, -0.2) is 61.0 Å². The topological polar surface area (TPSA) is 68.8 Å². The Morgan fingerprint density at radius 2 is 2.00 bits per heavy atom. The minimum absolute atomic E-state index is 0.0439. The molecule has 0 bridgehead atoms. The molecule has 0 spiro atoms. The molecule has 0 aliphatic carbocycles. The third-order valence-electron chi connectivity index (χ3n) is 5.95. The fourth-order valence-corrected chi connectivity index (χ4v) is 4.11. The second-order valence-corrected chi connectivity index (χ2v) is 8.11. The highest BCUT2D eigenvalue weighted by Gasteiger charge is 2.32. The molecular weight excluding hydrogens is 423 g/mol. The molecule has 1 saturated heterocycles. The van der Waals surface area contributed by atoms with Gasteiger partial charge in [0.25, 0.3) is 0 Å². The van der Waals surface area contributed by atoms with Gasteiger partial charge in [-0.05, 0) is 36.8 Å². The lowest BCUT2D eigenvalue weighted by Gasteiger charge is -2.40. The lowest BCUT2D eigenvalue weighted by Crippen LogP contribution is -2.55. The summed E-state index contributed by atoms with van der Waals surface area (Å²) in [5.41, 5.74) is 1.80. The Bertz CT molecular complexity index is 1030. The van der Waals surface area contributed by atoms with Crippen molar-refractivity contribution in [1.29, 1.82) is 0 Å². The van der Waals surface area contributed by atoms with Gasteiger partial charge in [-0.1, -0.05) is 6.07 Å². The minimum atomic E-state index is -4.42. The van der Waals surface area contributed by atoms with Gasteiger partial charge in [-0.2, -0.15) is 13.2 Å². The first-order valence-corrected chi connectivity index (χ1v) is 10.3. The van der Waals surface area contributed by atoms with Gasteiger partial charge < -0.3 is 20.0 Å². The third-order valence-corrected chi connectivity index (χ3v) is 5.95. The average Bonchev–Trinajstić information content (AvgIpc) is 3.04. The van der Waals surface area contributed by atoms with Crippen LogP contribution in [-0.2, 0) is 22.2 Å². The molecule has 0 radical (unpaired) electrons. The number of likely N-dealkylation sites (N-methyl/N-ethyl adjacent to an activating group) is 1. The van der Waals surface area contributed by atoms with E-state index in [9.17, 15) is 22.8 Å². The van der Waals surface area contributed by atoms with Crippen LogP contribution in [0.1, 0.15) is 18.1 Å². The first-order valence-electron chi connectivity index (χ1n) is 10.3. The SMILES string of the molecule is C[C@@H]1CN(c2ccc(C(F)(F)F)cn2)CCN1C(=O)CNc1ccc2c(c1)N(C)C(=O)C2. The quantitative estimate of drug-likeness (QED) is 0.781. The number of aromatic nitrogens is 1. The molecule has 32 heavy (non-hydrogen) atoms. The Morgan fingerprint density at radius 3 is 2.66 bits per heavy atom. The molecule has 3 heterocycles. The highest BCUT2D eigenvalue weighted by Crippen LogP contribution is 2.31. The molecule has 170 valence electrons. The van der Waals surface area contributed by atoms with E-state index in [-0.39, 0.29) is 24.4 Å². The van der Waals surface area contributed by atoms with Crippen LogP contribution < -0.4 is 15.1 Å². The fourth-order valence-electron chi connectivity index (χ4n) is 4.11. The molecule has 10 heteroatoms. The summed E-state index contributed by atoms with van der Waals surface area (Å²) >= 11 is 0. The molecule has 7 nitrogen and oxygen atoms in total. The van der Waals surface area contributed by atoms with Crippen molar-refractivity contribution in [2.24, 2.45) is 0 Å². The van der Waals surface area contributed by atoms with E-state index < -0.39 is 11.7 Å². The number of alkyl halides is 3. The van der Waals surface area contributed by atoms with Gasteiger partial charge >= 0.3 is 6.18 Å². The molecule has 1 N–H and O–H groups in total. The zero-order valence-electron chi connectivity index (χ0n) is 17.8. The predicted octanol–water partition coefficient (Wildman–Crippen LogP) is 2.77. The molecule has 2 amide bonds. The number of amides is 2. The number of carbonyl (C=O) groups excluding carboxylic acids is 2. The van der Waals surface area contributed by atoms with Crippen LogP contribution in [0.2, 0.25) is 0 Å². The van der Waals surface area contributed by atoms with Crippen LogP contribution in [0.4, 0.5) is 30.4 Å². The Balaban J connectivity index is 1.33. The van der Waals surface area contributed by atoms with Gasteiger partial charge in [-0.15, -0.1) is 0 Å². The number of pyridine rings is 1. The second kappa shape index (κ2) is 8.33. The van der Waals surface area contributed by atoms with Crippen molar-refractivity contribution in [3.8, 4) is 0 Å². The number of carbonyl (C=O) groups is 2. The van der Waals surface area contributed by atoms with E-state index in [2.05, 4.69) is 10.3 Å². The van der Waals surface area contributed by atoms with Gasteiger partial charge in [0, 0.05) is 50.3 Å². The Labute approximate surface area is 183 Å². The van der Waals surface area contributed by atoms with Crippen molar-refractivity contribution in [1.82, 2.24) is 9.88 Å². The molecule has 1 atom stereocenters. The zero-order valence-corrected chi connectivity index (χ0v) is 17.8. The Morgan fingerprint density at radius 1 is 1.22 bits per heavy atom. The number of nitrogens with zero attached hydrogens (tertiary/aromatic N) is 4. The predicted molar refractivity (Wildman–Crippen MR) is 115 cm³/mol. The average molecular weight is 447 g/mol. The minimum Gasteiger partial charge on any atom is -0.376 e. The molecule has 2 aromatic rings. The van der Waals surface area contributed by atoms with Crippen LogP contribution >= 0.6 is 0 Å². The van der Waals surface area contributed by atoms with Crippen molar-refractivity contribution in [3.63, 3.8) is 0 Å². The molecule has 2 aliphatic rings. The van der Waals surface area contributed by atoms with E-state index in [4.69, 9.17) is 0 Å². The van der Waals surface area contributed by atoms with Gasteiger partial charge in [0.2, 0.25) is 11.8 Å². The Hall–Kier alpha value is -3.30. The van der Waals surface area contributed by atoms with Crippen molar-refractivity contribution < 1.29 is 22.8 Å². The van der Waals surface area contributed by atoms with Gasteiger partial charge in [0.15, 0.2) is 0 Å². The molecule has 2 aliphatic heterocycles. The van der Waals surface area contributed by atoms with E-state index in [1.165, 1.54) is 6.07 Å². The summed E-state index contributed by atoms with van der Waals surface area (Å²) in [6.45, 7) is 3.44. The van der Waals surface area contributed by atoms with Crippen LogP contribution in [0, 0.1) is 0 Å². The van der Waals surface area contributed by atoms with E-state index in [0.29, 0.717) is 31.9 Å². The lowest BCUT2D eigenvalue weighted by atomic mass is 10.1. The zero-order chi connectivity index (χ0) is 23.0. The van der Waals surface area contributed by atoms with Crippen molar-refractivity contribution in [2.75, 3.05) is 48.3 Å². The number of nitrogens with one attached hydrogen (secondary N) is 1. The number of halogens is 3. The number of benzene rings is 1. The van der Waals surface area contributed by atoms with E-state index in [1.54, 1.807) is 16.8 Å². The van der Waals surface area contributed by atoms with E-state index in [1.807, 2.05) is 30.0 Å². The maximum atomic E-state index is 12.8. The van der Waals surface area contributed by atoms with Gasteiger partial charge in [0.1, 0.15) is 5.82 Å². The maximum absolute atomic E-state index is 12.8. The van der Waals surface area contributed by atoms with Crippen molar-refractivity contribution >= 4 is 29.0 Å². The summed E-state index contributed by atoms with van der Waals surface area (Å²) in [6, 6.07) is 7.88. The molecular formula is C22H24F3N5O2. The standard InChI is InChI=1S/C22H24F3N5O2/c1-14-13-29(19-6-4-16(11-27-19)22(23,24)25)7-8-30(14)21(32)12-26-17-5-3-15-9-20(31)28(2)18(15)10-17/h3-6,10-11,14,26H,7-9,12-13H2,1-2H3/t14-/m1/s1. The number of fused-ring (bicyclic) bond motifs is 1. The van der Waals surface area contributed by atoms with E-state index in [0.717, 1.165) is 29.2 Å². The highest BCUT2D eigenvalue weighted by atomic mass is 19.4. The summed E-state index contributed by atoms with van der Waals surface area (Å²) in [7, 11) is 1.73. The summed E-state index contributed by atoms with van der Waals surface area (Å²) in [6.07, 6.45) is -3.19. The Kier molecular flexibility index (Phi) is 5.70. The number of rotatable bonds is 4. The normalized spacial score (nSPS) is 18.7. The molecule has 4 rings (SSSR count). The van der Waals surface area contributed by atoms with Crippen LogP contribution in [0.5, 0.6) is 0 Å². The molecule has 0 unspecified atom stereocenters. The van der Waals surface area contributed by atoms with Crippen LogP contribution in [0.3, 0.4) is 0 Å². The number of hydrogen-bond donors (Lipinski definition) is 1. The number of anilines is 3. The van der Waals surface area contributed by atoms with Gasteiger partial charge in [-0.3, -0.25) is 9.59 Å². The maximum Gasteiger partial charge on any atom is 0.417 e. The molecule has 0 saturated carbocycles. The van der Waals surface area contributed by atoms with Crippen LogP contribution in [0.25, 0.3) is 0 Å². The summed E-state index contributed by atoms with van der Waals surface area (Å²) < 4.78 is 38.2. The summed E-state index contributed by atoms with van der Waals surface area (Å²) in [5.74, 6) is 0.441. The summed E-state index contributed by atoms with van der Waals surface area (Å²) in [4.78, 5) is 33.8.